The molecule has 6 nitrogen and oxygen atoms in total. The lowest BCUT2D eigenvalue weighted by molar-refractivity contribution is -0.138. The Kier molecular flexibility index (Phi) is 7.35. The van der Waals surface area contributed by atoms with Crippen LogP contribution < -0.4 is 5.32 Å². The highest BCUT2D eigenvalue weighted by atomic mass is 79.9. The number of rotatable bonds is 8. The highest BCUT2D eigenvalue weighted by molar-refractivity contribution is 9.10. The summed E-state index contributed by atoms with van der Waals surface area (Å²) in [5.74, 6) is -1.17. The molecule has 0 aliphatic heterocycles. The van der Waals surface area contributed by atoms with Gasteiger partial charge in [-0.25, -0.2) is 0 Å². The first-order valence-electron chi connectivity index (χ1n) is 6.51. The van der Waals surface area contributed by atoms with E-state index in [1.165, 1.54) is 0 Å². The SMILES string of the molecule is CN(C)CCN(CC(=O)O)CC(=O)Nc1cccc(Br)c1. The van der Waals surface area contributed by atoms with E-state index in [0.29, 0.717) is 18.8 Å². The zero-order valence-corrected chi connectivity index (χ0v) is 13.8. The Bertz CT molecular complexity index is 494. The van der Waals surface area contributed by atoms with Crippen LogP contribution in [0.2, 0.25) is 0 Å². The highest BCUT2D eigenvalue weighted by Gasteiger charge is 2.14. The third-order valence-electron chi connectivity index (χ3n) is 2.70. The molecule has 0 aromatic heterocycles. The fourth-order valence-electron chi connectivity index (χ4n) is 1.72. The van der Waals surface area contributed by atoms with Crippen LogP contribution in [0.25, 0.3) is 0 Å². The zero-order valence-electron chi connectivity index (χ0n) is 12.2. The van der Waals surface area contributed by atoms with Crippen molar-refractivity contribution < 1.29 is 14.7 Å². The van der Waals surface area contributed by atoms with Crippen LogP contribution in [-0.2, 0) is 9.59 Å². The number of likely N-dealkylation sites (N-methyl/N-ethyl adjacent to an activating group) is 1. The number of hydrogen-bond acceptors (Lipinski definition) is 4. The van der Waals surface area contributed by atoms with E-state index in [0.717, 1.165) is 4.47 Å². The van der Waals surface area contributed by atoms with Crippen LogP contribution in [0.15, 0.2) is 28.7 Å². The number of benzene rings is 1. The van der Waals surface area contributed by atoms with E-state index in [1.807, 2.05) is 31.1 Å². The summed E-state index contributed by atoms with van der Waals surface area (Å²) in [4.78, 5) is 26.4. The average molecular weight is 358 g/mol. The maximum Gasteiger partial charge on any atom is 0.317 e. The molecule has 1 aromatic carbocycles. The molecule has 0 aliphatic carbocycles. The molecule has 116 valence electrons. The first-order chi connectivity index (χ1) is 9.86. The quantitative estimate of drug-likeness (QED) is 0.734. The van der Waals surface area contributed by atoms with Gasteiger partial charge in [0, 0.05) is 23.2 Å². The fourth-order valence-corrected chi connectivity index (χ4v) is 2.12. The Balaban J connectivity index is 2.56. The van der Waals surface area contributed by atoms with E-state index in [4.69, 9.17) is 5.11 Å². The number of carboxylic acids is 1. The molecule has 0 radical (unpaired) electrons. The Morgan fingerprint density at radius 1 is 1.24 bits per heavy atom. The number of hydrogen-bond donors (Lipinski definition) is 2. The predicted molar refractivity (Wildman–Crippen MR) is 85.4 cm³/mol. The monoisotopic (exact) mass is 357 g/mol. The summed E-state index contributed by atoms with van der Waals surface area (Å²) in [7, 11) is 3.81. The molecule has 1 rings (SSSR count). The molecule has 7 heteroatoms. The summed E-state index contributed by atoms with van der Waals surface area (Å²) in [6.45, 7) is 1.11. The van der Waals surface area contributed by atoms with Gasteiger partial charge in [0.05, 0.1) is 13.1 Å². The van der Waals surface area contributed by atoms with Crippen molar-refractivity contribution in [3.8, 4) is 0 Å². The van der Waals surface area contributed by atoms with Gasteiger partial charge in [-0.2, -0.15) is 0 Å². The molecule has 0 spiro atoms. The van der Waals surface area contributed by atoms with Gasteiger partial charge >= 0.3 is 5.97 Å². The number of carbonyl (C=O) groups is 2. The van der Waals surface area contributed by atoms with Crippen LogP contribution in [0.3, 0.4) is 0 Å². The standard InChI is InChI=1S/C14H20BrN3O3/c1-17(2)6-7-18(10-14(20)21)9-13(19)16-12-5-3-4-11(15)8-12/h3-5,8H,6-7,9-10H2,1-2H3,(H,16,19)(H,20,21). The van der Waals surface area contributed by atoms with E-state index >= 15 is 0 Å². The minimum atomic E-state index is -0.941. The topological polar surface area (TPSA) is 72.9 Å². The number of anilines is 1. The summed E-state index contributed by atoms with van der Waals surface area (Å²) < 4.78 is 0.871. The van der Waals surface area contributed by atoms with Crippen molar-refractivity contribution in [2.75, 3.05) is 45.6 Å². The Hall–Kier alpha value is -1.44. The number of aliphatic carboxylic acids is 1. The molecule has 0 unspecified atom stereocenters. The fraction of sp³-hybridized carbons (Fsp3) is 0.429. The number of carboxylic acid groups (broad SMARTS) is 1. The summed E-state index contributed by atoms with van der Waals surface area (Å²) in [6.07, 6.45) is 0. The van der Waals surface area contributed by atoms with Gasteiger partial charge in [-0.3, -0.25) is 14.5 Å². The molecule has 0 bridgehead atoms. The molecule has 0 fully saturated rings. The van der Waals surface area contributed by atoms with Crippen molar-refractivity contribution in [3.05, 3.63) is 28.7 Å². The van der Waals surface area contributed by atoms with Gasteiger partial charge in [-0.1, -0.05) is 22.0 Å². The van der Waals surface area contributed by atoms with Crippen LogP contribution in [-0.4, -0.2) is 67.1 Å². The summed E-state index contributed by atoms with van der Waals surface area (Å²) >= 11 is 3.33. The zero-order chi connectivity index (χ0) is 15.8. The van der Waals surface area contributed by atoms with E-state index < -0.39 is 5.97 Å². The van der Waals surface area contributed by atoms with Gasteiger partial charge in [0.15, 0.2) is 0 Å². The largest absolute Gasteiger partial charge is 0.480 e. The number of amides is 1. The van der Waals surface area contributed by atoms with Crippen LogP contribution in [0.1, 0.15) is 0 Å². The molecule has 0 saturated heterocycles. The number of carbonyl (C=O) groups excluding carboxylic acids is 1. The molecule has 1 aromatic rings. The van der Waals surface area contributed by atoms with E-state index in [1.54, 1.807) is 17.0 Å². The lowest BCUT2D eigenvalue weighted by atomic mass is 10.3. The molecule has 21 heavy (non-hydrogen) atoms. The van der Waals surface area contributed by atoms with Crippen molar-refractivity contribution in [2.24, 2.45) is 0 Å². The Morgan fingerprint density at radius 3 is 2.52 bits per heavy atom. The van der Waals surface area contributed by atoms with Crippen LogP contribution in [0.5, 0.6) is 0 Å². The molecule has 0 saturated carbocycles. The first-order valence-corrected chi connectivity index (χ1v) is 7.30. The molecule has 2 N–H and O–H groups in total. The van der Waals surface area contributed by atoms with E-state index in [9.17, 15) is 9.59 Å². The second kappa shape index (κ2) is 8.76. The van der Waals surface area contributed by atoms with Gasteiger partial charge in [-0.05, 0) is 32.3 Å². The second-order valence-corrected chi connectivity index (χ2v) is 5.88. The molecule has 0 aliphatic rings. The third-order valence-corrected chi connectivity index (χ3v) is 3.19. The van der Waals surface area contributed by atoms with E-state index in [2.05, 4.69) is 21.2 Å². The van der Waals surface area contributed by atoms with Crippen molar-refractivity contribution in [3.63, 3.8) is 0 Å². The number of nitrogens with zero attached hydrogens (tertiary/aromatic N) is 2. The average Bonchev–Trinajstić information content (AvgIpc) is 2.35. The third kappa shape index (κ3) is 7.79. The molecular formula is C14H20BrN3O3. The predicted octanol–water partition coefficient (Wildman–Crippen LogP) is 1.34. The summed E-state index contributed by atoms with van der Waals surface area (Å²) in [5, 5.41) is 11.7. The smallest absolute Gasteiger partial charge is 0.317 e. The minimum Gasteiger partial charge on any atom is -0.480 e. The minimum absolute atomic E-state index is 0.0483. The van der Waals surface area contributed by atoms with Crippen molar-refractivity contribution in [1.82, 2.24) is 9.80 Å². The summed E-state index contributed by atoms with van der Waals surface area (Å²) in [5.41, 5.74) is 0.678. The van der Waals surface area contributed by atoms with Gasteiger partial charge < -0.3 is 15.3 Å². The maximum absolute atomic E-state index is 12.0. The Morgan fingerprint density at radius 2 is 1.95 bits per heavy atom. The van der Waals surface area contributed by atoms with Crippen LogP contribution >= 0.6 is 15.9 Å². The number of halogens is 1. The molecule has 0 heterocycles. The molecule has 1 amide bonds. The van der Waals surface area contributed by atoms with Gasteiger partial charge in [0.1, 0.15) is 0 Å². The molecule has 0 atom stereocenters. The van der Waals surface area contributed by atoms with Crippen molar-refractivity contribution in [2.45, 2.75) is 0 Å². The normalized spacial score (nSPS) is 10.9. The Labute approximate surface area is 132 Å². The van der Waals surface area contributed by atoms with Gasteiger partial charge in [0.25, 0.3) is 0 Å². The maximum atomic E-state index is 12.0. The first kappa shape index (κ1) is 17.6. The highest BCUT2D eigenvalue weighted by Crippen LogP contribution is 2.15. The lowest BCUT2D eigenvalue weighted by Crippen LogP contribution is -2.40. The second-order valence-electron chi connectivity index (χ2n) is 4.97. The van der Waals surface area contributed by atoms with Crippen LogP contribution in [0, 0.1) is 0 Å². The lowest BCUT2D eigenvalue weighted by Gasteiger charge is -2.21. The number of nitrogens with one attached hydrogen (secondary N) is 1. The van der Waals surface area contributed by atoms with Crippen molar-refractivity contribution in [1.29, 1.82) is 0 Å². The van der Waals surface area contributed by atoms with Crippen molar-refractivity contribution >= 4 is 33.5 Å². The van der Waals surface area contributed by atoms with Crippen LogP contribution in [0.4, 0.5) is 5.69 Å². The van der Waals surface area contributed by atoms with Gasteiger partial charge in [0.2, 0.25) is 5.91 Å². The molecular weight excluding hydrogens is 338 g/mol. The van der Waals surface area contributed by atoms with E-state index in [-0.39, 0.29) is 19.0 Å². The summed E-state index contributed by atoms with van der Waals surface area (Å²) in [6, 6.07) is 7.26. The van der Waals surface area contributed by atoms with Gasteiger partial charge in [-0.15, -0.1) is 0 Å².